The van der Waals surface area contributed by atoms with Crippen molar-refractivity contribution in [3.05, 3.63) is 66.2 Å². The van der Waals surface area contributed by atoms with Crippen LogP contribution < -0.4 is 4.90 Å². The summed E-state index contributed by atoms with van der Waals surface area (Å²) in [5, 5.41) is 8.91. The number of rotatable bonds is 7. The van der Waals surface area contributed by atoms with E-state index in [4.69, 9.17) is 5.26 Å². The van der Waals surface area contributed by atoms with Crippen LogP contribution in [0.25, 0.3) is 0 Å². The maximum absolute atomic E-state index is 12.9. The molecule has 0 atom stereocenters. The molecule has 0 unspecified atom stereocenters. The van der Waals surface area contributed by atoms with Crippen molar-refractivity contribution in [2.24, 2.45) is 5.92 Å². The van der Waals surface area contributed by atoms with Gasteiger partial charge < -0.3 is 4.90 Å². The molecule has 28 heavy (non-hydrogen) atoms. The first-order valence-electron chi connectivity index (χ1n) is 9.73. The Morgan fingerprint density at radius 2 is 1.61 bits per heavy atom. The SMILES string of the molecule is N#CCCN(C(=O)CN1CCC(C(=O)c2ccccc2)CC1)c1ccccc1. The number of benzene rings is 2. The molecule has 1 fully saturated rings. The van der Waals surface area contributed by atoms with Gasteiger partial charge in [-0.1, -0.05) is 48.5 Å². The number of anilines is 1. The van der Waals surface area contributed by atoms with Crippen molar-refractivity contribution >= 4 is 17.4 Å². The number of Topliss-reactive ketones (excluding diaryl/α,β-unsaturated/α-hetero) is 1. The molecule has 5 nitrogen and oxygen atoms in total. The number of ketones is 1. The van der Waals surface area contributed by atoms with Gasteiger partial charge in [-0.15, -0.1) is 0 Å². The van der Waals surface area contributed by atoms with E-state index in [1.807, 2.05) is 60.7 Å². The summed E-state index contributed by atoms with van der Waals surface area (Å²) in [5.41, 5.74) is 1.58. The lowest BCUT2D eigenvalue weighted by Gasteiger charge is -2.32. The molecule has 0 N–H and O–H groups in total. The Kier molecular flexibility index (Phi) is 6.94. The molecule has 0 radical (unpaired) electrons. The summed E-state index contributed by atoms with van der Waals surface area (Å²) in [6.07, 6.45) is 1.84. The van der Waals surface area contributed by atoms with Crippen molar-refractivity contribution in [2.45, 2.75) is 19.3 Å². The average molecular weight is 375 g/mol. The number of nitriles is 1. The van der Waals surface area contributed by atoms with Crippen LogP contribution in [0.2, 0.25) is 0 Å². The number of hydrogen-bond donors (Lipinski definition) is 0. The smallest absolute Gasteiger partial charge is 0.241 e. The van der Waals surface area contributed by atoms with Gasteiger partial charge in [-0.2, -0.15) is 5.26 Å². The second-order valence-corrected chi connectivity index (χ2v) is 7.07. The first-order chi connectivity index (χ1) is 13.7. The summed E-state index contributed by atoms with van der Waals surface area (Å²) in [7, 11) is 0. The quantitative estimate of drug-likeness (QED) is 0.695. The van der Waals surface area contributed by atoms with Gasteiger partial charge in [0.05, 0.1) is 19.0 Å². The van der Waals surface area contributed by atoms with Crippen molar-refractivity contribution < 1.29 is 9.59 Å². The minimum absolute atomic E-state index is 0.00529. The third-order valence-electron chi connectivity index (χ3n) is 5.19. The molecule has 0 aliphatic carbocycles. The van der Waals surface area contributed by atoms with E-state index in [-0.39, 0.29) is 17.6 Å². The van der Waals surface area contributed by atoms with Crippen LogP contribution in [0.4, 0.5) is 5.69 Å². The fourth-order valence-electron chi connectivity index (χ4n) is 3.64. The summed E-state index contributed by atoms with van der Waals surface area (Å²) < 4.78 is 0. The predicted molar refractivity (Wildman–Crippen MR) is 109 cm³/mol. The maximum atomic E-state index is 12.9. The summed E-state index contributed by atoms with van der Waals surface area (Å²) >= 11 is 0. The Morgan fingerprint density at radius 1 is 1.00 bits per heavy atom. The zero-order valence-electron chi connectivity index (χ0n) is 16.0. The van der Waals surface area contributed by atoms with Crippen LogP contribution in [0.5, 0.6) is 0 Å². The molecule has 2 aromatic carbocycles. The third-order valence-corrected chi connectivity index (χ3v) is 5.19. The molecule has 2 aromatic rings. The molecule has 1 aliphatic rings. The first-order valence-corrected chi connectivity index (χ1v) is 9.73. The minimum atomic E-state index is -0.00529. The van der Waals surface area contributed by atoms with Crippen LogP contribution in [0, 0.1) is 17.2 Å². The topological polar surface area (TPSA) is 64.4 Å². The second-order valence-electron chi connectivity index (χ2n) is 7.07. The molecule has 1 saturated heterocycles. The van der Waals surface area contributed by atoms with Gasteiger partial charge in [0.15, 0.2) is 5.78 Å². The van der Waals surface area contributed by atoms with Crippen LogP contribution in [0.15, 0.2) is 60.7 Å². The molecule has 0 aromatic heterocycles. The van der Waals surface area contributed by atoms with Crippen LogP contribution in [-0.2, 0) is 4.79 Å². The van der Waals surface area contributed by atoms with Gasteiger partial charge in [0.2, 0.25) is 5.91 Å². The standard InChI is InChI=1S/C23H25N3O2/c24-14-7-15-26(21-10-5-2-6-11-21)22(27)18-25-16-12-20(13-17-25)23(28)19-8-3-1-4-9-19/h1-6,8-11,20H,7,12-13,15-18H2. The molecule has 5 heteroatoms. The second kappa shape index (κ2) is 9.82. The van der Waals surface area contributed by atoms with Crippen LogP contribution in [0.3, 0.4) is 0 Å². The summed E-state index contributed by atoms with van der Waals surface area (Å²) in [4.78, 5) is 29.3. The highest BCUT2D eigenvalue weighted by Crippen LogP contribution is 2.22. The van der Waals surface area contributed by atoms with E-state index in [1.165, 1.54) is 0 Å². The van der Waals surface area contributed by atoms with E-state index in [1.54, 1.807) is 4.90 Å². The first kappa shape index (κ1) is 19.8. The number of carbonyl (C=O) groups excluding carboxylic acids is 2. The van der Waals surface area contributed by atoms with Crippen LogP contribution in [-0.4, -0.2) is 42.8 Å². The monoisotopic (exact) mass is 375 g/mol. The highest BCUT2D eigenvalue weighted by atomic mass is 16.2. The van der Waals surface area contributed by atoms with Gasteiger partial charge in [0.25, 0.3) is 0 Å². The number of para-hydroxylation sites is 1. The Balaban J connectivity index is 1.56. The van der Waals surface area contributed by atoms with E-state index in [0.717, 1.165) is 37.2 Å². The molecular formula is C23H25N3O2. The number of nitrogens with zero attached hydrogens (tertiary/aromatic N) is 3. The highest BCUT2D eigenvalue weighted by Gasteiger charge is 2.27. The van der Waals surface area contributed by atoms with Gasteiger partial charge in [-0.3, -0.25) is 14.5 Å². The maximum Gasteiger partial charge on any atom is 0.241 e. The Hall–Kier alpha value is -2.97. The third kappa shape index (κ3) is 5.05. The van der Waals surface area contributed by atoms with E-state index < -0.39 is 0 Å². The number of likely N-dealkylation sites (tertiary alicyclic amines) is 1. The molecule has 1 amide bonds. The molecule has 0 saturated carbocycles. The number of hydrogen-bond acceptors (Lipinski definition) is 4. The number of carbonyl (C=O) groups is 2. The molecule has 0 bridgehead atoms. The van der Waals surface area contributed by atoms with E-state index in [9.17, 15) is 9.59 Å². The molecule has 1 aliphatic heterocycles. The fraction of sp³-hybridized carbons (Fsp3) is 0.348. The molecule has 144 valence electrons. The van der Waals surface area contributed by atoms with Gasteiger partial charge >= 0.3 is 0 Å². The van der Waals surface area contributed by atoms with Gasteiger partial charge in [-0.25, -0.2) is 0 Å². The van der Waals surface area contributed by atoms with Crippen LogP contribution >= 0.6 is 0 Å². The van der Waals surface area contributed by atoms with Crippen molar-refractivity contribution in [3.8, 4) is 6.07 Å². The zero-order chi connectivity index (χ0) is 19.8. The lowest BCUT2D eigenvalue weighted by molar-refractivity contribution is -0.120. The normalized spacial score (nSPS) is 15.0. The van der Waals surface area contributed by atoms with Crippen LogP contribution in [0.1, 0.15) is 29.6 Å². The Morgan fingerprint density at radius 3 is 2.21 bits per heavy atom. The Bertz CT molecular complexity index is 822. The fourth-order valence-corrected chi connectivity index (χ4v) is 3.64. The average Bonchev–Trinajstić information content (AvgIpc) is 2.75. The predicted octanol–water partition coefficient (Wildman–Crippen LogP) is 3.53. The van der Waals surface area contributed by atoms with E-state index >= 15 is 0 Å². The molecule has 1 heterocycles. The summed E-state index contributed by atoms with van der Waals surface area (Å²) in [6.45, 7) is 2.17. The summed E-state index contributed by atoms with van der Waals surface area (Å²) in [5.74, 6) is 0.221. The van der Waals surface area contributed by atoms with Crippen molar-refractivity contribution in [1.29, 1.82) is 5.26 Å². The molecule has 3 rings (SSSR count). The highest BCUT2D eigenvalue weighted by molar-refractivity contribution is 5.98. The van der Waals surface area contributed by atoms with Crippen molar-refractivity contribution in [3.63, 3.8) is 0 Å². The number of piperidine rings is 1. The lowest BCUT2D eigenvalue weighted by atomic mass is 9.89. The lowest BCUT2D eigenvalue weighted by Crippen LogP contribution is -2.44. The van der Waals surface area contributed by atoms with Gasteiger partial charge in [0, 0.05) is 23.7 Å². The summed E-state index contributed by atoms with van der Waals surface area (Å²) in [6, 6.07) is 21.0. The van der Waals surface area contributed by atoms with Gasteiger partial charge in [0.1, 0.15) is 0 Å². The van der Waals surface area contributed by atoms with Gasteiger partial charge in [-0.05, 0) is 38.1 Å². The molecule has 0 spiro atoms. The van der Waals surface area contributed by atoms with E-state index in [2.05, 4.69) is 11.0 Å². The largest absolute Gasteiger partial charge is 0.310 e. The Labute approximate surface area is 166 Å². The number of amides is 1. The van der Waals surface area contributed by atoms with Crippen molar-refractivity contribution in [2.75, 3.05) is 31.1 Å². The molecular weight excluding hydrogens is 350 g/mol. The zero-order valence-corrected chi connectivity index (χ0v) is 16.0. The van der Waals surface area contributed by atoms with Crippen molar-refractivity contribution in [1.82, 2.24) is 4.90 Å². The van der Waals surface area contributed by atoms with E-state index in [0.29, 0.717) is 19.5 Å². The minimum Gasteiger partial charge on any atom is -0.310 e.